The van der Waals surface area contributed by atoms with Crippen LogP contribution in [0.2, 0.25) is 0 Å². The molecule has 6 heteroatoms. The summed E-state index contributed by atoms with van der Waals surface area (Å²) in [6.45, 7) is 9.78. The zero-order chi connectivity index (χ0) is 21.1. The van der Waals surface area contributed by atoms with Crippen LogP contribution in [-0.4, -0.2) is 50.2 Å². The highest BCUT2D eigenvalue weighted by molar-refractivity contribution is 5.97. The highest BCUT2D eigenvalue weighted by atomic mass is 19.1. The maximum Gasteiger partial charge on any atom is 0.322 e. The van der Waals surface area contributed by atoms with E-state index in [0.29, 0.717) is 31.5 Å². The fourth-order valence-electron chi connectivity index (χ4n) is 4.55. The summed E-state index contributed by atoms with van der Waals surface area (Å²) in [7, 11) is 0. The number of hydrogen-bond acceptors (Lipinski definition) is 3. The number of nitrogens with zero attached hydrogens (tertiary/aromatic N) is 3. The molecule has 2 aromatic carbocycles. The number of halogens is 1. The summed E-state index contributed by atoms with van der Waals surface area (Å²) in [4.78, 5) is 19.5. The molecule has 160 valence electrons. The van der Waals surface area contributed by atoms with Gasteiger partial charge >= 0.3 is 6.03 Å². The molecular weight excluding hydrogens is 379 g/mol. The molecule has 0 bridgehead atoms. The monoisotopic (exact) mass is 410 g/mol. The second-order valence-electron chi connectivity index (χ2n) is 8.76. The SMILES string of the molecule is CC(C)CN1CCC(CNC(=O)N2CCN(c3ccc(F)cc3)c3ccccc32)C1. The van der Waals surface area contributed by atoms with Gasteiger partial charge in [-0.05, 0) is 61.2 Å². The number of amides is 2. The molecule has 0 spiro atoms. The number of rotatable bonds is 5. The predicted molar refractivity (Wildman–Crippen MR) is 120 cm³/mol. The molecule has 5 nitrogen and oxygen atoms in total. The average molecular weight is 411 g/mol. The lowest BCUT2D eigenvalue weighted by molar-refractivity contribution is 0.243. The molecule has 30 heavy (non-hydrogen) atoms. The van der Waals surface area contributed by atoms with Gasteiger partial charge in [0.05, 0.1) is 11.4 Å². The number of urea groups is 1. The van der Waals surface area contributed by atoms with Gasteiger partial charge < -0.3 is 15.1 Å². The van der Waals surface area contributed by atoms with E-state index in [-0.39, 0.29) is 11.8 Å². The third-order valence-corrected chi connectivity index (χ3v) is 5.93. The van der Waals surface area contributed by atoms with Gasteiger partial charge in [0.2, 0.25) is 0 Å². The first-order valence-corrected chi connectivity index (χ1v) is 10.9. The van der Waals surface area contributed by atoms with Gasteiger partial charge in [-0.3, -0.25) is 4.90 Å². The summed E-state index contributed by atoms with van der Waals surface area (Å²) in [5, 5.41) is 3.16. The maximum atomic E-state index is 13.3. The number of anilines is 3. The van der Waals surface area contributed by atoms with E-state index in [9.17, 15) is 9.18 Å². The summed E-state index contributed by atoms with van der Waals surface area (Å²) < 4.78 is 13.3. The van der Waals surface area contributed by atoms with Crippen LogP contribution in [0.3, 0.4) is 0 Å². The van der Waals surface area contributed by atoms with Crippen LogP contribution < -0.4 is 15.1 Å². The molecule has 1 fully saturated rings. The molecule has 2 amide bonds. The number of fused-ring (bicyclic) bond motifs is 1. The normalized spacial score (nSPS) is 19.3. The van der Waals surface area contributed by atoms with Crippen LogP contribution in [0.5, 0.6) is 0 Å². The second-order valence-corrected chi connectivity index (χ2v) is 8.76. The van der Waals surface area contributed by atoms with E-state index in [4.69, 9.17) is 0 Å². The van der Waals surface area contributed by atoms with Crippen LogP contribution in [0.15, 0.2) is 48.5 Å². The smallest absolute Gasteiger partial charge is 0.322 e. The molecule has 1 unspecified atom stereocenters. The Bertz CT molecular complexity index is 870. The zero-order valence-electron chi connectivity index (χ0n) is 17.9. The van der Waals surface area contributed by atoms with Gasteiger partial charge in [0.15, 0.2) is 0 Å². The van der Waals surface area contributed by atoms with E-state index >= 15 is 0 Å². The highest BCUT2D eigenvalue weighted by Gasteiger charge is 2.29. The van der Waals surface area contributed by atoms with Crippen LogP contribution >= 0.6 is 0 Å². The van der Waals surface area contributed by atoms with E-state index in [1.54, 1.807) is 12.1 Å². The van der Waals surface area contributed by atoms with Crippen molar-refractivity contribution in [2.45, 2.75) is 20.3 Å². The minimum atomic E-state index is -0.246. The molecule has 0 aromatic heterocycles. The number of likely N-dealkylation sites (tertiary alicyclic amines) is 1. The average Bonchev–Trinajstić information content (AvgIpc) is 3.18. The van der Waals surface area contributed by atoms with Crippen LogP contribution in [0.4, 0.5) is 26.2 Å². The number of hydrogen-bond donors (Lipinski definition) is 1. The lowest BCUT2D eigenvalue weighted by atomic mass is 10.1. The summed E-state index contributed by atoms with van der Waals surface area (Å²) in [6, 6.07) is 14.4. The predicted octanol–water partition coefficient (Wildman–Crippen LogP) is 4.47. The van der Waals surface area contributed by atoms with Gasteiger partial charge in [-0.2, -0.15) is 0 Å². The molecule has 0 aliphatic carbocycles. The Labute approximate surface area is 178 Å². The van der Waals surface area contributed by atoms with Gasteiger partial charge in [0.25, 0.3) is 0 Å². The molecule has 2 heterocycles. The number of nitrogens with one attached hydrogen (secondary N) is 1. The Balaban J connectivity index is 1.41. The van der Waals surface area contributed by atoms with Crippen molar-refractivity contribution in [2.75, 3.05) is 49.1 Å². The third-order valence-electron chi connectivity index (χ3n) is 5.93. The fraction of sp³-hybridized carbons (Fsp3) is 0.458. The first-order chi connectivity index (χ1) is 14.5. The largest absolute Gasteiger partial charge is 0.338 e. The molecular formula is C24H31FN4O. The van der Waals surface area contributed by atoms with Gasteiger partial charge in [0.1, 0.15) is 5.82 Å². The van der Waals surface area contributed by atoms with Crippen molar-refractivity contribution in [3.05, 3.63) is 54.3 Å². The first-order valence-electron chi connectivity index (χ1n) is 10.9. The second kappa shape index (κ2) is 9.04. The molecule has 1 saturated heterocycles. The standard InChI is InChI=1S/C24H31FN4O/c1-18(2)16-27-12-11-19(17-27)15-26-24(30)29-14-13-28(21-9-7-20(25)8-10-21)22-5-3-4-6-23(22)29/h3-10,18-19H,11-17H2,1-2H3,(H,26,30). The number of para-hydroxylation sites is 2. The quantitative estimate of drug-likeness (QED) is 0.790. The lowest BCUT2D eigenvalue weighted by Gasteiger charge is -2.37. The lowest BCUT2D eigenvalue weighted by Crippen LogP contribution is -2.48. The van der Waals surface area contributed by atoms with Gasteiger partial charge in [-0.25, -0.2) is 9.18 Å². The summed E-state index contributed by atoms with van der Waals surface area (Å²) in [6.07, 6.45) is 1.14. The minimum Gasteiger partial charge on any atom is -0.338 e. The van der Waals surface area contributed by atoms with E-state index in [1.807, 2.05) is 29.2 Å². The number of carbonyl (C=O) groups is 1. The minimum absolute atomic E-state index is 0.0384. The van der Waals surface area contributed by atoms with Gasteiger partial charge in [0, 0.05) is 38.4 Å². The van der Waals surface area contributed by atoms with Gasteiger partial charge in [-0.15, -0.1) is 0 Å². The molecule has 2 aliphatic heterocycles. The van der Waals surface area contributed by atoms with E-state index in [0.717, 1.165) is 43.1 Å². The van der Waals surface area contributed by atoms with Crippen molar-refractivity contribution < 1.29 is 9.18 Å². The molecule has 4 rings (SSSR count). The van der Waals surface area contributed by atoms with Crippen molar-refractivity contribution in [1.29, 1.82) is 0 Å². The Morgan fingerprint density at radius 1 is 1.07 bits per heavy atom. The Hall–Kier alpha value is -2.60. The molecule has 2 aliphatic rings. The molecule has 0 radical (unpaired) electrons. The van der Waals surface area contributed by atoms with Crippen molar-refractivity contribution in [3.8, 4) is 0 Å². The Morgan fingerprint density at radius 3 is 2.53 bits per heavy atom. The highest BCUT2D eigenvalue weighted by Crippen LogP contribution is 2.37. The zero-order valence-corrected chi connectivity index (χ0v) is 17.9. The van der Waals surface area contributed by atoms with Crippen molar-refractivity contribution >= 4 is 23.1 Å². The van der Waals surface area contributed by atoms with E-state index in [1.165, 1.54) is 12.1 Å². The van der Waals surface area contributed by atoms with Crippen molar-refractivity contribution in [2.24, 2.45) is 11.8 Å². The first kappa shape index (κ1) is 20.7. The van der Waals surface area contributed by atoms with Crippen molar-refractivity contribution in [3.63, 3.8) is 0 Å². The molecule has 2 aromatic rings. The number of benzene rings is 2. The summed E-state index contributed by atoms with van der Waals surface area (Å²) >= 11 is 0. The van der Waals surface area contributed by atoms with Crippen molar-refractivity contribution in [1.82, 2.24) is 10.2 Å². The van der Waals surface area contributed by atoms with Crippen LogP contribution in [0.25, 0.3) is 0 Å². The van der Waals surface area contributed by atoms with Crippen LogP contribution in [0.1, 0.15) is 20.3 Å². The Kier molecular flexibility index (Phi) is 6.23. The van der Waals surface area contributed by atoms with E-state index in [2.05, 4.69) is 29.0 Å². The topological polar surface area (TPSA) is 38.8 Å². The maximum absolute atomic E-state index is 13.3. The Morgan fingerprint density at radius 2 is 1.80 bits per heavy atom. The van der Waals surface area contributed by atoms with Crippen LogP contribution in [-0.2, 0) is 0 Å². The van der Waals surface area contributed by atoms with Gasteiger partial charge in [-0.1, -0.05) is 26.0 Å². The van der Waals surface area contributed by atoms with E-state index < -0.39 is 0 Å². The third kappa shape index (κ3) is 4.59. The molecule has 0 saturated carbocycles. The fourth-order valence-corrected chi connectivity index (χ4v) is 4.55. The summed E-state index contributed by atoms with van der Waals surface area (Å²) in [5.41, 5.74) is 2.79. The molecule has 1 atom stereocenters. The molecule has 1 N–H and O–H groups in total. The van der Waals surface area contributed by atoms with Crippen LogP contribution in [0, 0.1) is 17.7 Å². The summed E-state index contributed by atoms with van der Waals surface area (Å²) in [5.74, 6) is 0.944. The number of carbonyl (C=O) groups excluding carboxylic acids is 1.